The van der Waals surface area contributed by atoms with E-state index in [9.17, 15) is 9.18 Å². The van der Waals surface area contributed by atoms with E-state index in [-0.39, 0.29) is 17.8 Å². The molecule has 3 aromatic carbocycles. The number of halogens is 1. The molecule has 28 heavy (non-hydrogen) atoms. The van der Waals surface area contributed by atoms with Crippen molar-refractivity contribution in [2.45, 2.75) is 25.6 Å². The highest BCUT2D eigenvalue weighted by molar-refractivity contribution is 5.82. The molecule has 1 amide bonds. The number of nitrogens with zero attached hydrogens (tertiary/aromatic N) is 1. The van der Waals surface area contributed by atoms with Crippen LogP contribution in [0, 0.1) is 5.82 Å². The van der Waals surface area contributed by atoms with Crippen LogP contribution in [-0.4, -0.2) is 23.9 Å². The largest absolute Gasteiger partial charge is 0.344 e. The molecule has 3 nitrogen and oxygen atoms in total. The second kappa shape index (κ2) is 9.29. The highest BCUT2D eigenvalue weighted by Crippen LogP contribution is 2.22. The summed E-state index contributed by atoms with van der Waals surface area (Å²) in [6.07, 6.45) is 0. The molecule has 0 spiro atoms. The molecule has 0 aliphatic heterocycles. The lowest BCUT2D eigenvalue weighted by atomic mass is 9.98. The van der Waals surface area contributed by atoms with Gasteiger partial charge in [0.2, 0.25) is 5.91 Å². The fraction of sp³-hybridized carbons (Fsp3) is 0.208. The molecule has 1 N–H and O–H groups in total. The number of benzene rings is 3. The average molecular weight is 376 g/mol. The highest BCUT2D eigenvalue weighted by atomic mass is 19.1. The minimum Gasteiger partial charge on any atom is -0.344 e. The third-order valence-electron chi connectivity index (χ3n) is 4.97. The van der Waals surface area contributed by atoms with Crippen LogP contribution >= 0.6 is 0 Å². The van der Waals surface area contributed by atoms with E-state index in [0.717, 1.165) is 11.1 Å². The normalized spacial score (nSPS) is 12.2. The molecule has 0 saturated heterocycles. The lowest BCUT2D eigenvalue weighted by Gasteiger charge is -2.27. The molecule has 1 atom stereocenters. The molecule has 4 heteroatoms. The van der Waals surface area contributed by atoms with Gasteiger partial charge in [0.05, 0.1) is 12.1 Å². The van der Waals surface area contributed by atoms with E-state index < -0.39 is 6.04 Å². The molecule has 0 unspecified atom stereocenters. The lowest BCUT2D eigenvalue weighted by Crippen LogP contribution is -2.44. The molecular formula is C24H25FN2O. The molecule has 0 saturated carbocycles. The number of likely N-dealkylation sites (N-methyl/N-ethyl adjacent to an activating group) is 1. The topological polar surface area (TPSA) is 32.3 Å². The molecule has 0 heterocycles. The first-order chi connectivity index (χ1) is 13.6. The Hall–Kier alpha value is -2.98. The zero-order chi connectivity index (χ0) is 19.9. The number of carbonyl (C=O) groups is 1. The van der Waals surface area contributed by atoms with Crippen molar-refractivity contribution in [2.75, 3.05) is 7.05 Å². The molecule has 0 bridgehead atoms. The number of rotatable bonds is 7. The van der Waals surface area contributed by atoms with Crippen molar-refractivity contribution in [3.05, 3.63) is 107 Å². The molecule has 3 rings (SSSR count). The SMILES string of the molecule is C[C@H](C(=O)NC(c1ccccc1)c1ccccc1)N(C)Cc1ccccc1F. The van der Waals surface area contributed by atoms with Gasteiger partial charge in [-0.2, -0.15) is 0 Å². The summed E-state index contributed by atoms with van der Waals surface area (Å²) in [5.41, 5.74) is 2.62. The van der Waals surface area contributed by atoms with Crippen molar-refractivity contribution < 1.29 is 9.18 Å². The van der Waals surface area contributed by atoms with Gasteiger partial charge < -0.3 is 5.32 Å². The smallest absolute Gasteiger partial charge is 0.237 e. The second-order valence-electron chi connectivity index (χ2n) is 6.95. The van der Waals surface area contributed by atoms with Gasteiger partial charge >= 0.3 is 0 Å². The van der Waals surface area contributed by atoms with Crippen LogP contribution in [0.1, 0.15) is 29.7 Å². The first kappa shape index (κ1) is 19.8. The van der Waals surface area contributed by atoms with Gasteiger partial charge in [0.25, 0.3) is 0 Å². The van der Waals surface area contributed by atoms with Crippen molar-refractivity contribution in [3.63, 3.8) is 0 Å². The predicted molar refractivity (Wildman–Crippen MR) is 110 cm³/mol. The van der Waals surface area contributed by atoms with Crippen molar-refractivity contribution in [1.82, 2.24) is 10.2 Å². The lowest BCUT2D eigenvalue weighted by molar-refractivity contribution is -0.126. The minimum absolute atomic E-state index is 0.100. The number of amides is 1. The minimum atomic E-state index is -0.408. The quantitative estimate of drug-likeness (QED) is 0.656. The molecule has 3 aromatic rings. The number of hydrogen-bond donors (Lipinski definition) is 1. The Morgan fingerprint density at radius 2 is 1.39 bits per heavy atom. The summed E-state index contributed by atoms with van der Waals surface area (Å²) >= 11 is 0. The van der Waals surface area contributed by atoms with Crippen LogP contribution in [0.15, 0.2) is 84.9 Å². The van der Waals surface area contributed by atoms with Crippen molar-refractivity contribution in [2.24, 2.45) is 0 Å². The fourth-order valence-corrected chi connectivity index (χ4v) is 3.15. The highest BCUT2D eigenvalue weighted by Gasteiger charge is 2.23. The number of nitrogens with one attached hydrogen (secondary N) is 1. The monoisotopic (exact) mass is 376 g/mol. The van der Waals surface area contributed by atoms with Crippen LogP contribution in [0.5, 0.6) is 0 Å². The summed E-state index contributed by atoms with van der Waals surface area (Å²) < 4.78 is 13.9. The summed E-state index contributed by atoms with van der Waals surface area (Å²) in [7, 11) is 1.83. The standard InChI is InChI=1S/C24H25FN2O/c1-18(27(2)17-21-15-9-10-16-22(21)25)24(28)26-23(19-11-5-3-6-12-19)20-13-7-4-8-14-20/h3-16,18,23H,17H2,1-2H3,(H,26,28)/t18-/m1/s1. The van der Waals surface area contributed by atoms with Crippen LogP contribution < -0.4 is 5.32 Å². The Morgan fingerprint density at radius 3 is 1.93 bits per heavy atom. The van der Waals surface area contributed by atoms with Gasteiger partial charge in [-0.25, -0.2) is 4.39 Å². The molecule has 0 aliphatic carbocycles. The zero-order valence-electron chi connectivity index (χ0n) is 16.2. The van der Waals surface area contributed by atoms with Crippen LogP contribution in [-0.2, 0) is 11.3 Å². The Balaban J connectivity index is 1.75. The summed E-state index contributed by atoms with van der Waals surface area (Å²) in [5, 5.41) is 3.16. The van der Waals surface area contributed by atoms with E-state index in [2.05, 4.69) is 5.32 Å². The van der Waals surface area contributed by atoms with Crippen LogP contribution in [0.25, 0.3) is 0 Å². The average Bonchev–Trinajstić information content (AvgIpc) is 2.74. The maximum atomic E-state index is 13.9. The van der Waals surface area contributed by atoms with Gasteiger partial charge in [-0.1, -0.05) is 78.9 Å². The Morgan fingerprint density at radius 1 is 0.893 bits per heavy atom. The Labute approximate surface area is 165 Å². The van der Waals surface area contributed by atoms with Gasteiger partial charge in [-0.05, 0) is 31.2 Å². The third-order valence-corrected chi connectivity index (χ3v) is 4.97. The van der Waals surface area contributed by atoms with E-state index in [0.29, 0.717) is 12.1 Å². The Bertz CT molecular complexity index is 859. The summed E-state index contributed by atoms with van der Waals surface area (Å²) in [4.78, 5) is 14.8. The first-order valence-corrected chi connectivity index (χ1v) is 9.40. The van der Waals surface area contributed by atoms with Crippen molar-refractivity contribution in [3.8, 4) is 0 Å². The molecular weight excluding hydrogens is 351 g/mol. The van der Waals surface area contributed by atoms with Crippen LogP contribution in [0.4, 0.5) is 4.39 Å². The summed E-state index contributed by atoms with van der Waals surface area (Å²) in [6, 6.07) is 25.8. The maximum Gasteiger partial charge on any atom is 0.237 e. The van der Waals surface area contributed by atoms with Gasteiger partial charge in [-0.3, -0.25) is 9.69 Å². The van der Waals surface area contributed by atoms with Crippen molar-refractivity contribution in [1.29, 1.82) is 0 Å². The van der Waals surface area contributed by atoms with E-state index in [1.165, 1.54) is 6.07 Å². The third kappa shape index (κ3) is 4.84. The summed E-state index contributed by atoms with van der Waals surface area (Å²) in [5.74, 6) is -0.357. The van der Waals surface area contributed by atoms with E-state index in [1.54, 1.807) is 18.2 Å². The van der Waals surface area contributed by atoms with Gasteiger partial charge in [0, 0.05) is 12.1 Å². The second-order valence-corrected chi connectivity index (χ2v) is 6.95. The van der Waals surface area contributed by atoms with E-state index in [1.807, 2.05) is 79.5 Å². The number of hydrogen-bond acceptors (Lipinski definition) is 2. The Kier molecular flexibility index (Phi) is 6.56. The van der Waals surface area contributed by atoms with Gasteiger partial charge in [0.15, 0.2) is 0 Å². The molecule has 0 aromatic heterocycles. The molecule has 0 radical (unpaired) electrons. The number of carbonyl (C=O) groups excluding carboxylic acids is 1. The van der Waals surface area contributed by atoms with Crippen molar-refractivity contribution >= 4 is 5.91 Å². The van der Waals surface area contributed by atoms with Gasteiger partial charge in [-0.15, -0.1) is 0 Å². The zero-order valence-corrected chi connectivity index (χ0v) is 16.2. The molecule has 0 fully saturated rings. The first-order valence-electron chi connectivity index (χ1n) is 9.40. The van der Waals surface area contributed by atoms with E-state index in [4.69, 9.17) is 0 Å². The maximum absolute atomic E-state index is 13.9. The molecule has 144 valence electrons. The van der Waals surface area contributed by atoms with Crippen LogP contribution in [0.3, 0.4) is 0 Å². The van der Waals surface area contributed by atoms with Gasteiger partial charge in [0.1, 0.15) is 5.82 Å². The molecule has 0 aliphatic rings. The summed E-state index contributed by atoms with van der Waals surface area (Å²) in [6.45, 7) is 2.20. The predicted octanol–water partition coefficient (Wildman–Crippen LogP) is 4.55. The van der Waals surface area contributed by atoms with Crippen LogP contribution in [0.2, 0.25) is 0 Å². The fourth-order valence-electron chi connectivity index (χ4n) is 3.15. The van der Waals surface area contributed by atoms with E-state index >= 15 is 0 Å².